The van der Waals surface area contributed by atoms with Crippen molar-refractivity contribution >= 4 is 27.4 Å². The zero-order chi connectivity index (χ0) is 13.4. The van der Waals surface area contributed by atoms with Crippen LogP contribution in [0.25, 0.3) is 10.2 Å². The highest BCUT2D eigenvalue weighted by atomic mass is 32.1. The lowest BCUT2D eigenvalue weighted by atomic mass is 10.2. The molecule has 2 aliphatic rings. The monoisotopic (exact) mass is 290 g/mol. The molecule has 1 aliphatic carbocycles. The van der Waals surface area contributed by atoms with Gasteiger partial charge in [0.25, 0.3) is 0 Å². The molecule has 5 nitrogen and oxygen atoms in total. The molecule has 1 saturated heterocycles. The highest BCUT2D eigenvalue weighted by molar-refractivity contribution is 7.16. The maximum Gasteiger partial charge on any atom is 0.138 e. The second-order valence-corrected chi connectivity index (χ2v) is 6.36. The molecule has 1 saturated carbocycles. The summed E-state index contributed by atoms with van der Waals surface area (Å²) in [4.78, 5) is 12.2. The van der Waals surface area contributed by atoms with Crippen molar-refractivity contribution in [2.45, 2.75) is 25.0 Å². The highest BCUT2D eigenvalue weighted by Crippen LogP contribution is 2.28. The number of nitrogens with one attached hydrogen (secondary N) is 1. The fraction of sp³-hybridized carbons (Fsp3) is 0.571. The Labute approximate surface area is 122 Å². The highest BCUT2D eigenvalue weighted by Gasteiger charge is 2.32. The molecule has 1 atom stereocenters. The van der Waals surface area contributed by atoms with Gasteiger partial charge < -0.3 is 10.1 Å². The molecule has 0 radical (unpaired) electrons. The van der Waals surface area contributed by atoms with E-state index >= 15 is 0 Å². The number of ether oxygens (including phenoxy) is 1. The van der Waals surface area contributed by atoms with E-state index in [1.165, 1.54) is 12.8 Å². The van der Waals surface area contributed by atoms with Crippen LogP contribution in [-0.4, -0.2) is 53.3 Å². The van der Waals surface area contributed by atoms with Gasteiger partial charge in [0.1, 0.15) is 17.0 Å². The van der Waals surface area contributed by atoms with E-state index in [1.54, 1.807) is 17.7 Å². The van der Waals surface area contributed by atoms with E-state index in [0.717, 1.165) is 48.3 Å². The first-order chi connectivity index (χ1) is 9.90. The molecule has 3 heterocycles. The van der Waals surface area contributed by atoms with Crippen LogP contribution in [0.2, 0.25) is 0 Å². The SMILES string of the molecule is c1nc(NCC2CN(C3CC3)CCO2)c2ccsc2n1. The Morgan fingerprint density at radius 1 is 1.40 bits per heavy atom. The van der Waals surface area contributed by atoms with E-state index < -0.39 is 0 Å². The molecule has 0 spiro atoms. The third-order valence-corrected chi connectivity index (χ3v) is 4.81. The van der Waals surface area contributed by atoms with Crippen LogP contribution in [0.3, 0.4) is 0 Å². The molecule has 1 unspecified atom stereocenters. The van der Waals surface area contributed by atoms with Crippen LogP contribution in [0.4, 0.5) is 5.82 Å². The fourth-order valence-electron chi connectivity index (χ4n) is 2.78. The van der Waals surface area contributed by atoms with Crippen molar-refractivity contribution in [3.8, 4) is 0 Å². The Hall–Kier alpha value is -1.24. The lowest BCUT2D eigenvalue weighted by Gasteiger charge is -2.33. The summed E-state index contributed by atoms with van der Waals surface area (Å²) in [5.74, 6) is 0.920. The van der Waals surface area contributed by atoms with Crippen molar-refractivity contribution in [3.05, 3.63) is 17.8 Å². The Balaban J connectivity index is 1.41. The van der Waals surface area contributed by atoms with Crippen molar-refractivity contribution in [3.63, 3.8) is 0 Å². The van der Waals surface area contributed by atoms with Crippen LogP contribution >= 0.6 is 11.3 Å². The zero-order valence-corrected chi connectivity index (χ0v) is 12.1. The number of nitrogens with zero attached hydrogens (tertiary/aromatic N) is 3. The van der Waals surface area contributed by atoms with Crippen LogP contribution in [0.1, 0.15) is 12.8 Å². The molecule has 1 N–H and O–H groups in total. The Kier molecular flexibility index (Phi) is 3.29. The number of hydrogen-bond acceptors (Lipinski definition) is 6. The van der Waals surface area contributed by atoms with Gasteiger partial charge in [-0.3, -0.25) is 4.90 Å². The van der Waals surface area contributed by atoms with E-state index in [2.05, 4.69) is 31.6 Å². The average Bonchev–Trinajstić information content (AvgIpc) is 3.23. The number of morpholine rings is 1. The molecule has 4 rings (SSSR count). The van der Waals surface area contributed by atoms with E-state index in [1.807, 2.05) is 0 Å². The van der Waals surface area contributed by atoms with Crippen LogP contribution in [0, 0.1) is 0 Å². The largest absolute Gasteiger partial charge is 0.374 e. The summed E-state index contributed by atoms with van der Waals surface area (Å²) in [6.07, 6.45) is 4.61. The topological polar surface area (TPSA) is 50.3 Å². The van der Waals surface area contributed by atoms with Gasteiger partial charge in [-0.15, -0.1) is 11.3 Å². The number of fused-ring (bicyclic) bond motifs is 1. The molecule has 2 fully saturated rings. The van der Waals surface area contributed by atoms with Crippen molar-refractivity contribution < 1.29 is 4.74 Å². The first-order valence-corrected chi connectivity index (χ1v) is 8.06. The van der Waals surface area contributed by atoms with Gasteiger partial charge in [0.2, 0.25) is 0 Å². The van der Waals surface area contributed by atoms with Crippen molar-refractivity contribution in [2.24, 2.45) is 0 Å². The third kappa shape index (κ3) is 2.51. The second kappa shape index (κ2) is 5.27. The van der Waals surface area contributed by atoms with Gasteiger partial charge in [0, 0.05) is 25.7 Å². The number of anilines is 1. The predicted molar refractivity (Wildman–Crippen MR) is 80.2 cm³/mol. The third-order valence-electron chi connectivity index (χ3n) is 3.99. The summed E-state index contributed by atoms with van der Waals surface area (Å²) in [6.45, 7) is 3.78. The maximum absolute atomic E-state index is 5.86. The van der Waals surface area contributed by atoms with Gasteiger partial charge in [-0.25, -0.2) is 9.97 Å². The smallest absolute Gasteiger partial charge is 0.138 e. The summed E-state index contributed by atoms with van der Waals surface area (Å²) >= 11 is 1.64. The van der Waals surface area contributed by atoms with Gasteiger partial charge in [0.15, 0.2) is 0 Å². The van der Waals surface area contributed by atoms with E-state index in [0.29, 0.717) is 0 Å². The minimum atomic E-state index is 0.257. The summed E-state index contributed by atoms with van der Waals surface area (Å²) in [5.41, 5.74) is 0. The Bertz CT molecular complexity index is 598. The summed E-state index contributed by atoms with van der Waals surface area (Å²) in [7, 11) is 0. The molecule has 106 valence electrons. The molecule has 0 aromatic carbocycles. The van der Waals surface area contributed by atoms with Crippen molar-refractivity contribution in [1.82, 2.24) is 14.9 Å². The molecular formula is C14H18N4OS. The number of aromatic nitrogens is 2. The molecule has 1 aliphatic heterocycles. The number of rotatable bonds is 4. The minimum absolute atomic E-state index is 0.257. The lowest BCUT2D eigenvalue weighted by molar-refractivity contribution is -0.0241. The summed E-state index contributed by atoms with van der Waals surface area (Å²) in [5, 5.41) is 6.58. The van der Waals surface area contributed by atoms with Crippen LogP contribution in [0.5, 0.6) is 0 Å². The van der Waals surface area contributed by atoms with E-state index in [4.69, 9.17) is 4.74 Å². The lowest BCUT2D eigenvalue weighted by Crippen LogP contribution is -2.46. The molecule has 0 bridgehead atoms. The van der Waals surface area contributed by atoms with Crippen molar-refractivity contribution in [1.29, 1.82) is 0 Å². The van der Waals surface area contributed by atoms with Crippen LogP contribution in [0.15, 0.2) is 17.8 Å². The molecule has 0 amide bonds. The quantitative estimate of drug-likeness (QED) is 0.933. The van der Waals surface area contributed by atoms with Gasteiger partial charge in [-0.05, 0) is 24.3 Å². The molecule has 2 aromatic rings. The first kappa shape index (κ1) is 12.5. The summed E-state index contributed by atoms with van der Waals surface area (Å²) in [6, 6.07) is 2.89. The number of thiophene rings is 1. The Morgan fingerprint density at radius 3 is 3.25 bits per heavy atom. The maximum atomic E-state index is 5.86. The molecular weight excluding hydrogens is 272 g/mol. The van der Waals surface area contributed by atoms with E-state index in [9.17, 15) is 0 Å². The number of hydrogen-bond donors (Lipinski definition) is 1. The van der Waals surface area contributed by atoms with Gasteiger partial charge in [-0.2, -0.15) is 0 Å². The van der Waals surface area contributed by atoms with Gasteiger partial charge >= 0.3 is 0 Å². The second-order valence-electron chi connectivity index (χ2n) is 5.46. The van der Waals surface area contributed by atoms with E-state index in [-0.39, 0.29) is 6.10 Å². The zero-order valence-electron chi connectivity index (χ0n) is 11.3. The van der Waals surface area contributed by atoms with Gasteiger partial charge in [0.05, 0.1) is 18.1 Å². The van der Waals surface area contributed by atoms with Crippen LogP contribution in [-0.2, 0) is 4.74 Å². The predicted octanol–water partition coefficient (Wildman–Crippen LogP) is 1.97. The minimum Gasteiger partial charge on any atom is -0.374 e. The first-order valence-electron chi connectivity index (χ1n) is 7.18. The summed E-state index contributed by atoms with van der Waals surface area (Å²) < 4.78 is 5.86. The Morgan fingerprint density at radius 2 is 2.35 bits per heavy atom. The molecule has 6 heteroatoms. The van der Waals surface area contributed by atoms with Gasteiger partial charge in [-0.1, -0.05) is 0 Å². The van der Waals surface area contributed by atoms with Crippen LogP contribution < -0.4 is 5.32 Å². The molecule has 2 aromatic heterocycles. The van der Waals surface area contributed by atoms with Crippen molar-refractivity contribution in [2.75, 3.05) is 31.6 Å². The fourth-order valence-corrected chi connectivity index (χ4v) is 3.51. The average molecular weight is 290 g/mol. The standard InChI is InChI=1S/C14H18N4OS/c1-2-10(1)18-4-5-19-11(8-18)7-15-13-12-3-6-20-14(12)17-9-16-13/h3,6,9-11H,1-2,4-5,7-8H2,(H,15,16,17). The normalized spacial score (nSPS) is 24.1. The molecule has 20 heavy (non-hydrogen) atoms.